The number of nitrogens with one attached hydrogen (secondary N) is 1. The molecule has 5 rings (SSSR count). The van der Waals surface area contributed by atoms with Gasteiger partial charge in [-0.2, -0.15) is 0 Å². The molecule has 2 amide bonds. The second kappa shape index (κ2) is 9.41. The molecule has 0 unspecified atom stereocenters. The third-order valence-electron chi connectivity index (χ3n) is 6.12. The minimum Gasteiger partial charge on any atom is -0.406 e. The normalized spacial score (nSPS) is 15.6. The van der Waals surface area contributed by atoms with Crippen molar-refractivity contribution in [2.75, 3.05) is 0 Å². The number of carbonyl (C=O) groups excluding carboxylic acids is 2. The lowest BCUT2D eigenvalue weighted by Crippen LogP contribution is -2.54. The highest BCUT2D eigenvalue weighted by Gasteiger charge is 2.38. The summed E-state index contributed by atoms with van der Waals surface area (Å²) in [4.78, 5) is 28.4. The molecule has 0 saturated carbocycles. The molecule has 0 aliphatic carbocycles. The van der Waals surface area contributed by atoms with Crippen LogP contribution in [0.1, 0.15) is 21.6 Å². The molecule has 1 aliphatic rings. The van der Waals surface area contributed by atoms with Gasteiger partial charge in [-0.15, -0.1) is 13.2 Å². The average molecular weight is 493 g/mol. The number of carbonyl (C=O) groups is 2. The van der Waals surface area contributed by atoms with E-state index in [2.05, 4.69) is 10.1 Å². The monoisotopic (exact) mass is 493 g/mol. The molecule has 3 aromatic carbocycles. The van der Waals surface area contributed by atoms with E-state index in [4.69, 9.17) is 0 Å². The molecule has 1 atom stereocenters. The van der Waals surface area contributed by atoms with Crippen molar-refractivity contribution in [1.82, 2.24) is 14.8 Å². The number of fused-ring (bicyclic) bond motifs is 3. The quantitative estimate of drug-likeness (QED) is 0.417. The van der Waals surface area contributed by atoms with Crippen LogP contribution in [0.3, 0.4) is 0 Å². The van der Waals surface area contributed by atoms with E-state index >= 15 is 0 Å². The largest absolute Gasteiger partial charge is 0.573 e. The highest BCUT2D eigenvalue weighted by molar-refractivity contribution is 6.02. The Morgan fingerprint density at radius 3 is 2.44 bits per heavy atom. The second-order valence-electron chi connectivity index (χ2n) is 8.55. The number of hydrogen-bond acceptors (Lipinski definition) is 3. The fourth-order valence-corrected chi connectivity index (χ4v) is 4.49. The van der Waals surface area contributed by atoms with Crippen molar-refractivity contribution in [2.45, 2.75) is 32.0 Å². The van der Waals surface area contributed by atoms with E-state index < -0.39 is 12.4 Å². The standard InChI is InChI=1S/C27H22F3N3O3/c28-27(29,30)36-21-11-6-9-19(13-21)16-33-24(25(34)31-15-18-7-2-1-3-8-18)17-32-22-12-5-4-10-20(22)14-23(32)26(33)35/h1-14,24H,15-17H2,(H,31,34)/t24-/m0/s1. The second-order valence-corrected chi connectivity index (χ2v) is 8.55. The van der Waals surface area contributed by atoms with Crippen LogP contribution >= 0.6 is 0 Å². The Hall–Kier alpha value is -4.27. The Morgan fingerprint density at radius 1 is 0.944 bits per heavy atom. The summed E-state index contributed by atoms with van der Waals surface area (Å²) in [5, 5.41) is 3.77. The number of hydrogen-bond donors (Lipinski definition) is 1. The van der Waals surface area contributed by atoms with Crippen LogP contribution in [0, 0.1) is 0 Å². The van der Waals surface area contributed by atoms with Gasteiger partial charge in [0, 0.05) is 24.0 Å². The number of nitrogens with zero attached hydrogens (tertiary/aromatic N) is 2. The van der Waals surface area contributed by atoms with Gasteiger partial charge in [-0.1, -0.05) is 60.7 Å². The third-order valence-corrected chi connectivity index (χ3v) is 6.12. The lowest BCUT2D eigenvalue weighted by atomic mass is 10.1. The van der Waals surface area contributed by atoms with Gasteiger partial charge in [0.05, 0.1) is 6.54 Å². The van der Waals surface area contributed by atoms with Crippen LogP contribution < -0.4 is 10.1 Å². The molecular formula is C27H22F3N3O3. The first-order chi connectivity index (χ1) is 17.3. The van der Waals surface area contributed by atoms with Crippen LogP contribution in [0.25, 0.3) is 10.9 Å². The predicted molar refractivity (Wildman–Crippen MR) is 127 cm³/mol. The predicted octanol–water partition coefficient (Wildman–Crippen LogP) is 4.88. The molecule has 9 heteroatoms. The number of alkyl halides is 3. The fourth-order valence-electron chi connectivity index (χ4n) is 4.49. The highest BCUT2D eigenvalue weighted by Crippen LogP contribution is 2.29. The summed E-state index contributed by atoms with van der Waals surface area (Å²) in [5.41, 5.74) is 2.58. The first-order valence-corrected chi connectivity index (χ1v) is 11.3. The van der Waals surface area contributed by atoms with Crippen molar-refractivity contribution in [1.29, 1.82) is 0 Å². The van der Waals surface area contributed by atoms with E-state index in [1.807, 2.05) is 59.2 Å². The summed E-state index contributed by atoms with van der Waals surface area (Å²) in [7, 11) is 0. The molecule has 1 aromatic heterocycles. The number of amides is 2. The molecule has 0 fully saturated rings. The SMILES string of the molecule is O=C(NCc1ccccc1)[C@@H]1Cn2c(cc3ccccc32)C(=O)N1Cc1cccc(OC(F)(F)F)c1. The van der Waals surface area contributed by atoms with E-state index in [0.717, 1.165) is 16.5 Å². The Labute approximate surface area is 204 Å². The first-order valence-electron chi connectivity index (χ1n) is 11.3. The van der Waals surface area contributed by atoms with Gasteiger partial charge in [0.25, 0.3) is 5.91 Å². The van der Waals surface area contributed by atoms with Crippen molar-refractivity contribution >= 4 is 22.7 Å². The Bertz CT molecular complexity index is 1420. The number of aromatic nitrogens is 1. The summed E-state index contributed by atoms with van der Waals surface area (Å²) in [6.45, 7) is 0.444. The molecule has 6 nitrogen and oxygen atoms in total. The molecule has 0 spiro atoms. The maximum atomic E-state index is 13.6. The van der Waals surface area contributed by atoms with E-state index in [1.165, 1.54) is 23.1 Å². The third kappa shape index (κ3) is 4.91. The van der Waals surface area contributed by atoms with Gasteiger partial charge >= 0.3 is 6.36 Å². The minimum atomic E-state index is -4.83. The molecule has 36 heavy (non-hydrogen) atoms. The molecule has 4 aromatic rings. The molecule has 0 radical (unpaired) electrons. The molecule has 2 heterocycles. The summed E-state index contributed by atoms with van der Waals surface area (Å²) in [6, 6.07) is 23.2. The molecular weight excluding hydrogens is 471 g/mol. The van der Waals surface area contributed by atoms with Crippen LogP contribution in [-0.2, 0) is 24.4 Å². The van der Waals surface area contributed by atoms with Crippen molar-refractivity contribution < 1.29 is 27.5 Å². The van der Waals surface area contributed by atoms with Gasteiger partial charge in [0.15, 0.2) is 0 Å². The number of halogens is 3. The van der Waals surface area contributed by atoms with Gasteiger partial charge in [-0.25, -0.2) is 0 Å². The Balaban J connectivity index is 1.46. The summed E-state index contributed by atoms with van der Waals surface area (Å²) in [6.07, 6.45) is -4.83. The molecule has 1 aliphatic heterocycles. The van der Waals surface area contributed by atoms with Crippen molar-refractivity contribution in [3.05, 3.63) is 102 Å². The van der Waals surface area contributed by atoms with Gasteiger partial charge in [0.2, 0.25) is 5.91 Å². The average Bonchev–Trinajstić information content (AvgIpc) is 3.23. The maximum absolute atomic E-state index is 13.6. The first kappa shape index (κ1) is 23.5. The lowest BCUT2D eigenvalue weighted by Gasteiger charge is -2.36. The number of ether oxygens (including phenoxy) is 1. The van der Waals surface area contributed by atoms with Gasteiger partial charge in [0.1, 0.15) is 17.5 Å². The zero-order chi connectivity index (χ0) is 25.3. The summed E-state index contributed by atoms with van der Waals surface area (Å²) >= 11 is 0. The molecule has 1 N–H and O–H groups in total. The smallest absolute Gasteiger partial charge is 0.406 e. The highest BCUT2D eigenvalue weighted by atomic mass is 19.4. The van der Waals surface area contributed by atoms with Crippen LogP contribution in [0.4, 0.5) is 13.2 Å². The topological polar surface area (TPSA) is 63.6 Å². The van der Waals surface area contributed by atoms with E-state index in [-0.39, 0.29) is 37.2 Å². The number of rotatable bonds is 6. The van der Waals surface area contributed by atoms with Gasteiger partial charge < -0.3 is 19.5 Å². The fraction of sp³-hybridized carbons (Fsp3) is 0.185. The summed E-state index contributed by atoms with van der Waals surface area (Å²) < 4.78 is 44.0. The van der Waals surface area contributed by atoms with Crippen molar-refractivity contribution in [3.63, 3.8) is 0 Å². The minimum absolute atomic E-state index is 0.0567. The molecule has 184 valence electrons. The maximum Gasteiger partial charge on any atom is 0.573 e. The molecule has 0 bridgehead atoms. The van der Waals surface area contributed by atoms with E-state index in [9.17, 15) is 22.8 Å². The van der Waals surface area contributed by atoms with Crippen LogP contribution in [0.5, 0.6) is 5.75 Å². The Morgan fingerprint density at radius 2 is 1.67 bits per heavy atom. The van der Waals surface area contributed by atoms with Crippen LogP contribution in [0.15, 0.2) is 84.9 Å². The lowest BCUT2D eigenvalue weighted by molar-refractivity contribution is -0.274. The zero-order valence-corrected chi connectivity index (χ0v) is 19.0. The van der Waals surface area contributed by atoms with Gasteiger partial charge in [-0.05, 0) is 35.4 Å². The van der Waals surface area contributed by atoms with Crippen molar-refractivity contribution in [3.8, 4) is 5.75 Å². The van der Waals surface area contributed by atoms with Crippen molar-refractivity contribution in [2.24, 2.45) is 0 Å². The van der Waals surface area contributed by atoms with Gasteiger partial charge in [-0.3, -0.25) is 9.59 Å². The zero-order valence-electron chi connectivity index (χ0n) is 19.0. The van der Waals surface area contributed by atoms with Crippen LogP contribution in [0.2, 0.25) is 0 Å². The number of para-hydroxylation sites is 1. The van der Waals surface area contributed by atoms with E-state index in [0.29, 0.717) is 11.3 Å². The van der Waals surface area contributed by atoms with E-state index in [1.54, 1.807) is 12.1 Å². The Kier molecular flexibility index (Phi) is 6.13. The molecule has 0 saturated heterocycles. The summed E-state index contributed by atoms with van der Waals surface area (Å²) in [5.74, 6) is -1.11. The van der Waals surface area contributed by atoms with Crippen LogP contribution in [-0.4, -0.2) is 33.7 Å². The number of benzene rings is 3.